The summed E-state index contributed by atoms with van der Waals surface area (Å²) in [5.41, 5.74) is -0.461. The van der Waals surface area contributed by atoms with Gasteiger partial charge in [-0.2, -0.15) is 0 Å². The summed E-state index contributed by atoms with van der Waals surface area (Å²) in [6.07, 6.45) is 7.00. The van der Waals surface area contributed by atoms with Crippen molar-refractivity contribution in [2.75, 3.05) is 6.61 Å². The first-order valence-electron chi connectivity index (χ1n) is 6.76. The van der Waals surface area contributed by atoms with Crippen molar-refractivity contribution in [1.29, 1.82) is 0 Å². The molecule has 17 heavy (non-hydrogen) atoms. The molecule has 1 fully saturated rings. The highest BCUT2D eigenvalue weighted by Crippen LogP contribution is 2.29. The van der Waals surface area contributed by atoms with Gasteiger partial charge in [0.15, 0.2) is 0 Å². The number of carbonyl (C=O) groups is 1. The Morgan fingerprint density at radius 3 is 2.35 bits per heavy atom. The Kier molecular flexibility index (Phi) is 5.44. The Hall–Kier alpha value is -0.570. The van der Waals surface area contributed by atoms with E-state index in [1.165, 1.54) is 32.1 Å². The third-order valence-corrected chi connectivity index (χ3v) is 3.30. The lowest BCUT2D eigenvalue weighted by molar-refractivity contribution is -0.162. The van der Waals surface area contributed by atoms with Crippen LogP contribution in [0.2, 0.25) is 0 Å². The van der Waals surface area contributed by atoms with Crippen molar-refractivity contribution in [3.8, 4) is 0 Å². The van der Waals surface area contributed by atoms with Crippen LogP contribution in [0.15, 0.2) is 0 Å². The van der Waals surface area contributed by atoms with Crippen molar-refractivity contribution in [1.82, 2.24) is 0 Å². The number of rotatable bonds is 4. The largest absolute Gasteiger partial charge is 0.460 e. The molecule has 0 aromatic carbocycles. The van der Waals surface area contributed by atoms with Gasteiger partial charge >= 0.3 is 5.97 Å². The summed E-state index contributed by atoms with van der Waals surface area (Å²) in [4.78, 5) is 11.9. The summed E-state index contributed by atoms with van der Waals surface area (Å²) in [6, 6.07) is 0. The Labute approximate surface area is 105 Å². The molecular formula is C14H26O3. The Morgan fingerprint density at radius 1 is 1.29 bits per heavy atom. The van der Waals surface area contributed by atoms with Crippen molar-refractivity contribution >= 4 is 5.97 Å². The lowest BCUT2D eigenvalue weighted by Gasteiger charge is -2.27. The molecule has 3 heteroatoms. The van der Waals surface area contributed by atoms with Gasteiger partial charge in [-0.1, -0.05) is 32.1 Å². The fourth-order valence-electron chi connectivity index (χ4n) is 2.46. The zero-order valence-electron chi connectivity index (χ0n) is 11.4. The molecule has 0 radical (unpaired) electrons. The van der Waals surface area contributed by atoms with Crippen LogP contribution in [0.5, 0.6) is 0 Å². The van der Waals surface area contributed by atoms with Crippen LogP contribution in [0, 0.1) is 11.8 Å². The molecule has 0 aliphatic heterocycles. The molecule has 0 spiro atoms. The normalized spacial score (nSPS) is 20.0. The van der Waals surface area contributed by atoms with Crippen LogP contribution in [-0.4, -0.2) is 23.3 Å². The number of aliphatic hydroxyl groups is 1. The molecular weight excluding hydrogens is 216 g/mol. The van der Waals surface area contributed by atoms with E-state index >= 15 is 0 Å². The average Bonchev–Trinajstić information content (AvgIpc) is 2.24. The van der Waals surface area contributed by atoms with Crippen molar-refractivity contribution in [3.05, 3.63) is 0 Å². The van der Waals surface area contributed by atoms with Crippen LogP contribution in [-0.2, 0) is 9.53 Å². The van der Waals surface area contributed by atoms with Crippen molar-refractivity contribution in [3.63, 3.8) is 0 Å². The second-order valence-corrected chi connectivity index (χ2v) is 6.15. The molecule has 3 nitrogen and oxygen atoms in total. The van der Waals surface area contributed by atoms with E-state index < -0.39 is 5.60 Å². The number of aliphatic hydroxyl groups excluding tert-OH is 1. The van der Waals surface area contributed by atoms with Crippen molar-refractivity contribution in [2.24, 2.45) is 11.8 Å². The molecule has 0 amide bonds. The molecule has 0 bridgehead atoms. The summed E-state index contributed by atoms with van der Waals surface area (Å²) in [6.45, 7) is 5.49. The van der Waals surface area contributed by atoms with E-state index in [4.69, 9.17) is 4.74 Å². The fraction of sp³-hybridized carbons (Fsp3) is 0.929. The quantitative estimate of drug-likeness (QED) is 0.771. The van der Waals surface area contributed by atoms with Crippen LogP contribution in [0.3, 0.4) is 0 Å². The smallest absolute Gasteiger partial charge is 0.311 e. The van der Waals surface area contributed by atoms with Gasteiger partial charge in [-0.05, 0) is 33.1 Å². The van der Waals surface area contributed by atoms with Crippen LogP contribution < -0.4 is 0 Å². The van der Waals surface area contributed by atoms with Crippen LogP contribution in [0.4, 0.5) is 0 Å². The SMILES string of the molecule is CC(C)(C)OC(=O)C(CO)CC1CCCCC1. The first-order chi connectivity index (χ1) is 7.92. The first-order valence-corrected chi connectivity index (χ1v) is 6.76. The summed E-state index contributed by atoms with van der Waals surface area (Å²) in [5, 5.41) is 9.32. The molecule has 1 aliphatic carbocycles. The van der Waals surface area contributed by atoms with Gasteiger partial charge in [0.1, 0.15) is 5.60 Å². The molecule has 0 saturated heterocycles. The van der Waals surface area contributed by atoms with E-state index in [0.717, 1.165) is 6.42 Å². The highest BCUT2D eigenvalue weighted by molar-refractivity contribution is 5.73. The van der Waals surface area contributed by atoms with Gasteiger partial charge in [0.2, 0.25) is 0 Å². The van der Waals surface area contributed by atoms with Crippen LogP contribution in [0.1, 0.15) is 59.3 Å². The average molecular weight is 242 g/mol. The summed E-state index contributed by atoms with van der Waals surface area (Å²) in [7, 11) is 0. The van der Waals surface area contributed by atoms with Crippen LogP contribution >= 0.6 is 0 Å². The minimum atomic E-state index is -0.461. The molecule has 0 aromatic heterocycles. The predicted molar refractivity (Wildman–Crippen MR) is 67.6 cm³/mol. The number of esters is 1. The second kappa shape index (κ2) is 6.39. The van der Waals surface area contributed by atoms with Crippen molar-refractivity contribution in [2.45, 2.75) is 64.9 Å². The van der Waals surface area contributed by atoms with Gasteiger partial charge in [0.05, 0.1) is 12.5 Å². The molecule has 0 aromatic rings. The van der Waals surface area contributed by atoms with E-state index in [9.17, 15) is 9.90 Å². The van der Waals surface area contributed by atoms with Gasteiger partial charge in [-0.25, -0.2) is 0 Å². The zero-order chi connectivity index (χ0) is 12.9. The highest BCUT2D eigenvalue weighted by atomic mass is 16.6. The van der Waals surface area contributed by atoms with Gasteiger partial charge < -0.3 is 9.84 Å². The monoisotopic (exact) mass is 242 g/mol. The Bertz CT molecular complexity index is 236. The molecule has 1 rings (SSSR count). The predicted octanol–water partition coefficient (Wildman–Crippen LogP) is 2.91. The fourth-order valence-corrected chi connectivity index (χ4v) is 2.46. The second-order valence-electron chi connectivity index (χ2n) is 6.15. The van der Waals surface area contributed by atoms with Crippen LogP contribution in [0.25, 0.3) is 0 Å². The first kappa shape index (κ1) is 14.5. The third kappa shape index (κ3) is 5.53. The zero-order valence-corrected chi connectivity index (χ0v) is 11.4. The lowest BCUT2D eigenvalue weighted by Crippen LogP contribution is -2.31. The molecule has 1 aliphatic rings. The number of hydrogen-bond acceptors (Lipinski definition) is 3. The van der Waals surface area contributed by atoms with E-state index in [-0.39, 0.29) is 18.5 Å². The Balaban J connectivity index is 2.43. The maximum Gasteiger partial charge on any atom is 0.311 e. The number of hydrogen-bond donors (Lipinski definition) is 1. The summed E-state index contributed by atoms with van der Waals surface area (Å²) in [5.74, 6) is 0.0105. The molecule has 1 saturated carbocycles. The highest BCUT2D eigenvalue weighted by Gasteiger charge is 2.27. The minimum absolute atomic E-state index is 0.0919. The van der Waals surface area contributed by atoms with Gasteiger partial charge in [0.25, 0.3) is 0 Å². The maximum absolute atomic E-state index is 11.9. The third-order valence-electron chi connectivity index (χ3n) is 3.30. The summed E-state index contributed by atoms with van der Waals surface area (Å²) >= 11 is 0. The Morgan fingerprint density at radius 2 is 1.88 bits per heavy atom. The molecule has 1 atom stereocenters. The van der Waals surface area contributed by atoms with E-state index in [2.05, 4.69) is 0 Å². The van der Waals surface area contributed by atoms with Gasteiger partial charge in [0, 0.05) is 0 Å². The maximum atomic E-state index is 11.9. The van der Waals surface area contributed by atoms with Crippen molar-refractivity contribution < 1.29 is 14.6 Å². The molecule has 1 unspecified atom stereocenters. The molecule has 1 N–H and O–H groups in total. The molecule has 0 heterocycles. The number of ether oxygens (including phenoxy) is 1. The standard InChI is InChI=1S/C14H26O3/c1-14(2,3)17-13(16)12(10-15)9-11-7-5-4-6-8-11/h11-12,15H,4-10H2,1-3H3. The van der Waals surface area contributed by atoms with E-state index in [0.29, 0.717) is 5.92 Å². The van der Waals surface area contributed by atoms with E-state index in [1.54, 1.807) is 0 Å². The lowest BCUT2D eigenvalue weighted by atomic mass is 9.83. The summed E-state index contributed by atoms with van der Waals surface area (Å²) < 4.78 is 5.33. The van der Waals surface area contributed by atoms with E-state index in [1.807, 2.05) is 20.8 Å². The van der Waals surface area contributed by atoms with Gasteiger partial charge in [-0.15, -0.1) is 0 Å². The number of carbonyl (C=O) groups excluding carboxylic acids is 1. The van der Waals surface area contributed by atoms with Gasteiger partial charge in [-0.3, -0.25) is 4.79 Å². The topological polar surface area (TPSA) is 46.5 Å². The molecule has 100 valence electrons. The minimum Gasteiger partial charge on any atom is -0.460 e.